The molecule has 94 valence electrons. The highest BCUT2D eigenvalue weighted by Crippen LogP contribution is 2.10. The lowest BCUT2D eigenvalue weighted by molar-refractivity contribution is 0.548. The third-order valence-corrected chi connectivity index (χ3v) is 2.62. The van der Waals surface area contributed by atoms with Gasteiger partial charge in [0, 0.05) is 18.8 Å². The summed E-state index contributed by atoms with van der Waals surface area (Å²) in [4.78, 5) is 12.4. The summed E-state index contributed by atoms with van der Waals surface area (Å²) in [6.45, 7) is 4.46. The van der Waals surface area contributed by atoms with E-state index >= 15 is 0 Å². The van der Waals surface area contributed by atoms with E-state index in [1.807, 2.05) is 19.9 Å². The van der Waals surface area contributed by atoms with Gasteiger partial charge in [0.05, 0.1) is 17.6 Å². The quantitative estimate of drug-likeness (QED) is 0.898. The fourth-order valence-electron chi connectivity index (χ4n) is 1.61. The number of nitrogens with zero attached hydrogens (tertiary/aromatic N) is 3. The number of pyridine rings is 1. The molecule has 0 aliphatic rings. The maximum atomic E-state index is 12.7. The fraction of sp³-hybridized carbons (Fsp3) is 0.308. The number of hydrogen-bond acceptors (Lipinski definition) is 4. The normalized spacial score (nSPS) is 12.4. The van der Waals surface area contributed by atoms with Crippen LogP contribution in [0, 0.1) is 12.7 Å². The molecule has 0 saturated heterocycles. The van der Waals surface area contributed by atoms with Crippen LogP contribution in [0.25, 0.3) is 0 Å². The van der Waals surface area contributed by atoms with Crippen molar-refractivity contribution in [3.63, 3.8) is 0 Å². The summed E-state index contributed by atoms with van der Waals surface area (Å²) in [5, 5.41) is 3.29. The Balaban J connectivity index is 1.96. The molecule has 2 rings (SSSR count). The zero-order chi connectivity index (χ0) is 13.0. The zero-order valence-corrected chi connectivity index (χ0v) is 10.4. The molecule has 2 heterocycles. The Hall–Kier alpha value is -1.88. The van der Waals surface area contributed by atoms with Crippen LogP contribution in [0.15, 0.2) is 30.6 Å². The minimum atomic E-state index is -0.322. The van der Waals surface area contributed by atoms with E-state index in [9.17, 15) is 4.39 Å². The SMILES string of the molecule is Cc1nccc(CNC(C)c2ccc(F)cn2)n1. The Kier molecular flexibility index (Phi) is 3.94. The molecule has 18 heavy (non-hydrogen) atoms. The van der Waals surface area contributed by atoms with Gasteiger partial charge in [-0.25, -0.2) is 14.4 Å². The molecule has 1 unspecified atom stereocenters. The highest BCUT2D eigenvalue weighted by molar-refractivity contribution is 5.09. The van der Waals surface area contributed by atoms with Crippen molar-refractivity contribution in [3.8, 4) is 0 Å². The van der Waals surface area contributed by atoms with Gasteiger partial charge in [-0.3, -0.25) is 4.98 Å². The standard InChI is InChI=1S/C13H15FN4/c1-9(13-4-3-11(14)7-17-13)16-8-12-5-6-15-10(2)18-12/h3-7,9,16H,8H2,1-2H3. The molecular formula is C13H15FN4. The van der Waals surface area contributed by atoms with Gasteiger partial charge in [-0.1, -0.05) is 0 Å². The average Bonchev–Trinajstić information content (AvgIpc) is 2.37. The van der Waals surface area contributed by atoms with Gasteiger partial charge in [-0.2, -0.15) is 0 Å². The van der Waals surface area contributed by atoms with Crippen LogP contribution < -0.4 is 5.32 Å². The Bertz CT molecular complexity index is 513. The summed E-state index contributed by atoms with van der Waals surface area (Å²) in [6.07, 6.45) is 2.96. The van der Waals surface area contributed by atoms with E-state index in [0.717, 1.165) is 17.2 Å². The van der Waals surface area contributed by atoms with Gasteiger partial charge in [-0.15, -0.1) is 0 Å². The van der Waals surface area contributed by atoms with Crippen LogP contribution in [0.3, 0.4) is 0 Å². The molecule has 0 amide bonds. The van der Waals surface area contributed by atoms with Crippen LogP contribution >= 0.6 is 0 Å². The molecule has 0 aliphatic heterocycles. The predicted octanol–water partition coefficient (Wildman–Crippen LogP) is 2.17. The minimum Gasteiger partial charge on any atom is -0.303 e. The van der Waals surface area contributed by atoms with Crippen molar-refractivity contribution in [1.29, 1.82) is 0 Å². The van der Waals surface area contributed by atoms with Crippen LogP contribution in [0.5, 0.6) is 0 Å². The summed E-state index contributed by atoms with van der Waals surface area (Å²) in [5.41, 5.74) is 1.73. The first-order valence-electron chi connectivity index (χ1n) is 5.78. The van der Waals surface area contributed by atoms with E-state index in [1.165, 1.54) is 12.3 Å². The maximum Gasteiger partial charge on any atom is 0.141 e. The molecule has 0 saturated carbocycles. The van der Waals surface area contributed by atoms with Gasteiger partial charge < -0.3 is 5.32 Å². The smallest absolute Gasteiger partial charge is 0.141 e. The first-order chi connectivity index (χ1) is 8.65. The number of aryl methyl sites for hydroxylation is 1. The lowest BCUT2D eigenvalue weighted by Crippen LogP contribution is -2.20. The van der Waals surface area contributed by atoms with Crippen molar-refractivity contribution in [1.82, 2.24) is 20.3 Å². The number of nitrogens with one attached hydrogen (secondary N) is 1. The van der Waals surface area contributed by atoms with Crippen LogP contribution in [0.2, 0.25) is 0 Å². The van der Waals surface area contributed by atoms with Crippen molar-refractivity contribution >= 4 is 0 Å². The summed E-state index contributed by atoms with van der Waals surface area (Å²) in [5.74, 6) is 0.430. The van der Waals surface area contributed by atoms with Crippen LogP contribution in [0.1, 0.15) is 30.2 Å². The molecule has 0 fully saturated rings. The molecule has 4 nitrogen and oxygen atoms in total. The van der Waals surface area contributed by atoms with E-state index in [0.29, 0.717) is 6.54 Å². The molecule has 1 atom stereocenters. The zero-order valence-electron chi connectivity index (χ0n) is 10.4. The Morgan fingerprint density at radius 2 is 2.11 bits per heavy atom. The third kappa shape index (κ3) is 3.30. The van der Waals surface area contributed by atoms with E-state index < -0.39 is 0 Å². The average molecular weight is 246 g/mol. The van der Waals surface area contributed by atoms with Crippen LogP contribution in [-0.4, -0.2) is 15.0 Å². The van der Waals surface area contributed by atoms with Crippen molar-refractivity contribution in [2.24, 2.45) is 0 Å². The van der Waals surface area contributed by atoms with Crippen LogP contribution in [-0.2, 0) is 6.54 Å². The van der Waals surface area contributed by atoms with Gasteiger partial charge in [-0.05, 0) is 32.0 Å². The topological polar surface area (TPSA) is 50.7 Å². The van der Waals surface area contributed by atoms with E-state index in [-0.39, 0.29) is 11.9 Å². The number of aromatic nitrogens is 3. The fourth-order valence-corrected chi connectivity index (χ4v) is 1.61. The number of hydrogen-bond donors (Lipinski definition) is 1. The molecule has 0 radical (unpaired) electrons. The third-order valence-electron chi connectivity index (χ3n) is 2.62. The van der Waals surface area contributed by atoms with Gasteiger partial charge in [0.15, 0.2) is 0 Å². The van der Waals surface area contributed by atoms with Gasteiger partial charge in [0.25, 0.3) is 0 Å². The molecule has 0 spiro atoms. The maximum absolute atomic E-state index is 12.7. The highest BCUT2D eigenvalue weighted by Gasteiger charge is 2.06. The lowest BCUT2D eigenvalue weighted by Gasteiger charge is -2.12. The molecular weight excluding hydrogens is 231 g/mol. The molecule has 2 aromatic heterocycles. The minimum absolute atomic E-state index is 0.0425. The summed E-state index contributed by atoms with van der Waals surface area (Å²) < 4.78 is 12.7. The van der Waals surface area contributed by atoms with Crippen molar-refractivity contribution in [2.75, 3.05) is 0 Å². The lowest BCUT2D eigenvalue weighted by atomic mass is 10.2. The first-order valence-corrected chi connectivity index (χ1v) is 5.78. The van der Waals surface area contributed by atoms with Gasteiger partial charge in [0.1, 0.15) is 11.6 Å². The molecule has 0 aromatic carbocycles. The van der Waals surface area contributed by atoms with E-state index in [4.69, 9.17) is 0 Å². The van der Waals surface area contributed by atoms with Gasteiger partial charge >= 0.3 is 0 Å². The monoisotopic (exact) mass is 246 g/mol. The van der Waals surface area contributed by atoms with Crippen LogP contribution in [0.4, 0.5) is 4.39 Å². The second kappa shape index (κ2) is 5.64. The summed E-state index contributed by atoms with van der Waals surface area (Å²) in [7, 11) is 0. The molecule has 1 N–H and O–H groups in total. The Morgan fingerprint density at radius 1 is 1.28 bits per heavy atom. The molecule has 0 bridgehead atoms. The molecule has 0 aliphatic carbocycles. The number of halogens is 1. The number of rotatable bonds is 4. The molecule has 2 aromatic rings. The predicted molar refractivity (Wildman–Crippen MR) is 66.2 cm³/mol. The first kappa shape index (κ1) is 12.6. The van der Waals surface area contributed by atoms with Crippen molar-refractivity contribution < 1.29 is 4.39 Å². The highest BCUT2D eigenvalue weighted by atomic mass is 19.1. The van der Waals surface area contributed by atoms with Crippen molar-refractivity contribution in [2.45, 2.75) is 26.4 Å². The largest absolute Gasteiger partial charge is 0.303 e. The Labute approximate surface area is 105 Å². The molecule has 5 heteroatoms. The Morgan fingerprint density at radius 3 is 2.78 bits per heavy atom. The second-order valence-electron chi connectivity index (χ2n) is 4.10. The summed E-state index contributed by atoms with van der Waals surface area (Å²) in [6, 6.07) is 5.00. The van der Waals surface area contributed by atoms with Gasteiger partial charge in [0.2, 0.25) is 0 Å². The van der Waals surface area contributed by atoms with E-state index in [1.54, 1.807) is 12.3 Å². The second-order valence-corrected chi connectivity index (χ2v) is 4.10. The van der Waals surface area contributed by atoms with E-state index in [2.05, 4.69) is 20.3 Å². The summed E-state index contributed by atoms with van der Waals surface area (Å²) >= 11 is 0. The van der Waals surface area contributed by atoms with Crippen molar-refractivity contribution in [3.05, 3.63) is 53.6 Å².